The molecule has 0 aliphatic carbocycles. The molecule has 0 unspecified atom stereocenters. The normalized spacial score (nSPS) is 9.95. The average Bonchev–Trinajstić information content (AvgIpc) is 2.46. The van der Waals surface area contributed by atoms with Crippen molar-refractivity contribution in [2.24, 2.45) is 5.73 Å². The predicted octanol–water partition coefficient (Wildman–Crippen LogP) is 1.85. The lowest BCUT2D eigenvalue weighted by atomic mass is 10.2. The molecule has 0 radical (unpaired) electrons. The summed E-state index contributed by atoms with van der Waals surface area (Å²) in [6, 6.07) is 9.77. The number of carbonyl (C=O) groups is 2. The third-order valence-corrected chi connectivity index (χ3v) is 2.78. The zero-order chi connectivity index (χ0) is 15.2. The van der Waals surface area contributed by atoms with Crippen molar-refractivity contribution in [3.05, 3.63) is 53.3 Å². The number of pyridine rings is 1. The number of nitrogens with zero attached hydrogens (tertiary/aromatic N) is 1. The molecular weight excluding hydrogens is 294 g/mol. The first kappa shape index (κ1) is 14.8. The number of hydrogen-bond donors (Lipinski definition) is 2. The number of nitrogens with one attached hydrogen (secondary N) is 1. The number of halogens is 1. The van der Waals surface area contributed by atoms with Crippen LogP contribution in [0.3, 0.4) is 0 Å². The highest BCUT2D eigenvalue weighted by Crippen LogP contribution is 2.19. The van der Waals surface area contributed by atoms with E-state index in [1.165, 1.54) is 6.20 Å². The Kier molecular flexibility index (Phi) is 4.73. The quantitative estimate of drug-likeness (QED) is 0.824. The van der Waals surface area contributed by atoms with Gasteiger partial charge in [-0.3, -0.25) is 9.59 Å². The highest BCUT2D eigenvalue weighted by atomic mass is 35.5. The first-order chi connectivity index (χ1) is 10.1. The topological polar surface area (TPSA) is 94.3 Å². The van der Waals surface area contributed by atoms with Crippen LogP contribution in [0, 0.1) is 0 Å². The lowest BCUT2D eigenvalue weighted by Crippen LogP contribution is -2.20. The van der Waals surface area contributed by atoms with E-state index in [-0.39, 0.29) is 23.2 Å². The highest BCUT2D eigenvalue weighted by Gasteiger charge is 2.11. The number of amides is 2. The smallest absolute Gasteiger partial charge is 0.258 e. The van der Waals surface area contributed by atoms with E-state index in [1.807, 2.05) is 0 Å². The second-order valence-corrected chi connectivity index (χ2v) is 4.44. The van der Waals surface area contributed by atoms with Gasteiger partial charge in [0.2, 0.25) is 0 Å². The fraction of sp³-hybridized carbons (Fsp3) is 0.0714. The van der Waals surface area contributed by atoms with E-state index in [1.54, 1.807) is 36.4 Å². The van der Waals surface area contributed by atoms with Crippen LogP contribution in [-0.2, 0) is 4.79 Å². The van der Waals surface area contributed by atoms with E-state index in [0.717, 1.165) is 0 Å². The molecule has 0 saturated carbocycles. The first-order valence-corrected chi connectivity index (χ1v) is 6.37. The lowest BCUT2D eigenvalue weighted by Gasteiger charge is -2.08. The Morgan fingerprint density at radius 1 is 1.29 bits per heavy atom. The van der Waals surface area contributed by atoms with Crippen LogP contribution in [0.5, 0.6) is 5.75 Å². The molecule has 1 aromatic heterocycles. The van der Waals surface area contributed by atoms with E-state index in [9.17, 15) is 9.59 Å². The van der Waals surface area contributed by atoms with E-state index in [0.29, 0.717) is 11.4 Å². The molecule has 0 atom stereocenters. The third-order valence-electron chi connectivity index (χ3n) is 2.48. The van der Waals surface area contributed by atoms with Crippen molar-refractivity contribution >= 4 is 29.1 Å². The number of aromatic nitrogens is 1. The van der Waals surface area contributed by atoms with Crippen molar-refractivity contribution < 1.29 is 14.3 Å². The molecule has 0 aliphatic rings. The van der Waals surface area contributed by atoms with Gasteiger partial charge < -0.3 is 15.8 Å². The number of rotatable bonds is 5. The maximum Gasteiger partial charge on any atom is 0.258 e. The number of anilines is 1. The molecule has 3 N–H and O–H groups in total. The molecule has 2 rings (SSSR count). The summed E-state index contributed by atoms with van der Waals surface area (Å²) in [5.74, 6) is -0.546. The summed E-state index contributed by atoms with van der Waals surface area (Å²) in [5.41, 5.74) is 5.76. The number of ether oxygens (including phenoxy) is 1. The molecule has 6 nitrogen and oxygen atoms in total. The van der Waals surface area contributed by atoms with E-state index < -0.39 is 5.91 Å². The van der Waals surface area contributed by atoms with Crippen LogP contribution in [-0.4, -0.2) is 23.4 Å². The average molecular weight is 306 g/mol. The maximum absolute atomic E-state index is 12.1. The van der Waals surface area contributed by atoms with Crippen molar-refractivity contribution in [1.29, 1.82) is 0 Å². The summed E-state index contributed by atoms with van der Waals surface area (Å²) in [7, 11) is 0. The molecule has 0 aliphatic heterocycles. The van der Waals surface area contributed by atoms with Crippen molar-refractivity contribution in [3.63, 3.8) is 0 Å². The molecule has 1 aromatic carbocycles. The highest BCUT2D eigenvalue weighted by molar-refractivity contribution is 6.33. The summed E-state index contributed by atoms with van der Waals surface area (Å²) in [5, 5.41) is 2.79. The molecule has 7 heteroatoms. The second-order valence-electron chi connectivity index (χ2n) is 4.08. The van der Waals surface area contributed by atoms with Gasteiger partial charge in [0.05, 0.1) is 5.56 Å². The zero-order valence-electron chi connectivity index (χ0n) is 10.9. The molecule has 0 fully saturated rings. The summed E-state index contributed by atoms with van der Waals surface area (Å²) in [4.78, 5) is 26.6. The van der Waals surface area contributed by atoms with Crippen molar-refractivity contribution in [2.45, 2.75) is 0 Å². The third kappa shape index (κ3) is 4.19. The van der Waals surface area contributed by atoms with Gasteiger partial charge in [-0.25, -0.2) is 4.98 Å². The Morgan fingerprint density at radius 2 is 2.10 bits per heavy atom. The van der Waals surface area contributed by atoms with Crippen molar-refractivity contribution in [3.8, 4) is 5.75 Å². The number of carbonyl (C=O) groups excluding carboxylic acids is 2. The first-order valence-electron chi connectivity index (χ1n) is 5.99. The van der Waals surface area contributed by atoms with Gasteiger partial charge in [0.15, 0.2) is 6.61 Å². The van der Waals surface area contributed by atoms with Crippen LogP contribution in [0.15, 0.2) is 42.6 Å². The van der Waals surface area contributed by atoms with Gasteiger partial charge in [0, 0.05) is 18.0 Å². The van der Waals surface area contributed by atoms with Crippen LogP contribution in [0.1, 0.15) is 10.4 Å². The van der Waals surface area contributed by atoms with Crippen LogP contribution in [0.4, 0.5) is 5.69 Å². The van der Waals surface area contributed by atoms with Crippen LogP contribution >= 0.6 is 11.6 Å². The number of benzene rings is 1. The van der Waals surface area contributed by atoms with Gasteiger partial charge in [-0.1, -0.05) is 17.7 Å². The van der Waals surface area contributed by atoms with Gasteiger partial charge in [-0.2, -0.15) is 0 Å². The van der Waals surface area contributed by atoms with Gasteiger partial charge in [0.25, 0.3) is 11.8 Å². The van der Waals surface area contributed by atoms with Gasteiger partial charge in [-0.05, 0) is 24.3 Å². The Hall–Kier alpha value is -2.60. The minimum atomic E-state index is -0.577. The van der Waals surface area contributed by atoms with Crippen LogP contribution in [0.2, 0.25) is 5.15 Å². The minimum absolute atomic E-state index is 0.121. The lowest BCUT2D eigenvalue weighted by molar-refractivity contribution is -0.119. The molecule has 0 saturated heterocycles. The number of hydrogen-bond acceptors (Lipinski definition) is 4. The molecular formula is C14H12ClN3O3. The molecule has 2 aromatic rings. The monoisotopic (exact) mass is 305 g/mol. The Labute approximate surface area is 125 Å². The summed E-state index contributed by atoms with van der Waals surface area (Å²) < 4.78 is 5.15. The largest absolute Gasteiger partial charge is 0.484 e. The van der Waals surface area contributed by atoms with E-state index >= 15 is 0 Å². The molecule has 1 heterocycles. The van der Waals surface area contributed by atoms with Gasteiger partial charge in [0.1, 0.15) is 10.9 Å². The minimum Gasteiger partial charge on any atom is -0.484 e. The maximum atomic E-state index is 12.1. The van der Waals surface area contributed by atoms with Crippen LogP contribution < -0.4 is 15.8 Å². The van der Waals surface area contributed by atoms with Gasteiger partial charge in [-0.15, -0.1) is 0 Å². The van der Waals surface area contributed by atoms with Crippen molar-refractivity contribution in [1.82, 2.24) is 4.98 Å². The summed E-state index contributed by atoms with van der Waals surface area (Å²) >= 11 is 5.85. The summed E-state index contributed by atoms with van der Waals surface area (Å²) in [6.45, 7) is -0.230. The zero-order valence-corrected chi connectivity index (χ0v) is 11.6. The number of nitrogens with two attached hydrogens (primary N) is 1. The second kappa shape index (κ2) is 6.71. The van der Waals surface area contributed by atoms with Crippen LogP contribution in [0.25, 0.3) is 0 Å². The molecule has 0 bridgehead atoms. The fourth-order valence-corrected chi connectivity index (χ4v) is 1.78. The molecule has 21 heavy (non-hydrogen) atoms. The standard InChI is InChI=1S/C14H12ClN3O3/c15-13-11(5-2-6-17-13)14(20)18-9-3-1-4-10(7-9)21-8-12(16)19/h1-7H,8H2,(H2,16,19)(H,18,20). The fourth-order valence-electron chi connectivity index (χ4n) is 1.57. The Morgan fingerprint density at radius 3 is 2.81 bits per heavy atom. The Balaban J connectivity index is 2.09. The molecule has 0 spiro atoms. The SMILES string of the molecule is NC(=O)COc1cccc(NC(=O)c2cccnc2Cl)c1. The van der Waals surface area contributed by atoms with Gasteiger partial charge >= 0.3 is 0 Å². The van der Waals surface area contributed by atoms with Crippen molar-refractivity contribution in [2.75, 3.05) is 11.9 Å². The predicted molar refractivity (Wildman–Crippen MR) is 78.3 cm³/mol. The molecule has 2 amide bonds. The number of primary amides is 1. The van der Waals surface area contributed by atoms with E-state index in [2.05, 4.69) is 10.3 Å². The molecule has 108 valence electrons. The summed E-state index contributed by atoms with van der Waals surface area (Å²) in [6.07, 6.45) is 1.50. The Bertz CT molecular complexity index is 676. The van der Waals surface area contributed by atoms with E-state index in [4.69, 9.17) is 22.1 Å².